The van der Waals surface area contributed by atoms with Gasteiger partial charge in [-0.2, -0.15) is 0 Å². The second-order valence-corrected chi connectivity index (χ2v) is 7.76. The summed E-state index contributed by atoms with van der Waals surface area (Å²) in [5.74, 6) is -3.70. The molecule has 188 valence electrons. The lowest BCUT2D eigenvalue weighted by molar-refractivity contribution is -0.277. The van der Waals surface area contributed by atoms with Crippen LogP contribution in [0.25, 0.3) is 22.3 Å². The van der Waals surface area contributed by atoms with Gasteiger partial charge in [0.15, 0.2) is 28.6 Å². The van der Waals surface area contributed by atoms with E-state index in [0.717, 1.165) is 18.2 Å². The summed E-state index contributed by atoms with van der Waals surface area (Å²) in [4.78, 5) is 12.9. The van der Waals surface area contributed by atoms with Crippen LogP contribution in [0.4, 0.5) is 0 Å². The molecular weight excluding hydrogens is 472 g/mol. The molecular formula is C22H22O13. The van der Waals surface area contributed by atoms with Crippen LogP contribution in [0.15, 0.2) is 33.5 Å². The summed E-state index contributed by atoms with van der Waals surface area (Å²) in [5.41, 5.74) is -1.59. The van der Waals surface area contributed by atoms with Gasteiger partial charge in [-0.1, -0.05) is 0 Å². The van der Waals surface area contributed by atoms with Gasteiger partial charge in [-0.3, -0.25) is 4.79 Å². The monoisotopic (exact) mass is 494 g/mol. The predicted molar refractivity (Wildman–Crippen MR) is 116 cm³/mol. The van der Waals surface area contributed by atoms with Crippen LogP contribution in [-0.2, 0) is 4.74 Å². The summed E-state index contributed by atoms with van der Waals surface area (Å²) < 4.78 is 21.8. The Hall–Kier alpha value is -3.75. The van der Waals surface area contributed by atoms with E-state index in [9.17, 15) is 45.6 Å². The van der Waals surface area contributed by atoms with Gasteiger partial charge in [0.1, 0.15) is 35.6 Å². The molecule has 1 aromatic heterocycles. The molecule has 8 N–H and O–H groups in total. The molecule has 0 radical (unpaired) electrons. The molecule has 0 bridgehead atoms. The van der Waals surface area contributed by atoms with E-state index < -0.39 is 88.2 Å². The van der Waals surface area contributed by atoms with Crippen LogP contribution in [0.1, 0.15) is 0 Å². The third-order valence-corrected chi connectivity index (χ3v) is 5.58. The molecule has 0 spiro atoms. The molecule has 1 aliphatic heterocycles. The molecule has 35 heavy (non-hydrogen) atoms. The number of fused-ring (bicyclic) bond motifs is 1. The second-order valence-electron chi connectivity index (χ2n) is 7.76. The van der Waals surface area contributed by atoms with Crippen LogP contribution in [-0.4, -0.2) is 85.3 Å². The molecule has 3 aromatic rings. The zero-order valence-corrected chi connectivity index (χ0v) is 18.0. The average Bonchev–Trinajstić information content (AvgIpc) is 2.84. The van der Waals surface area contributed by atoms with Gasteiger partial charge < -0.3 is 59.5 Å². The molecule has 2 aromatic carbocycles. The highest BCUT2D eigenvalue weighted by Gasteiger charge is 2.45. The Balaban J connectivity index is 1.92. The van der Waals surface area contributed by atoms with Crippen molar-refractivity contribution in [2.24, 2.45) is 0 Å². The van der Waals surface area contributed by atoms with E-state index in [1.54, 1.807) is 0 Å². The van der Waals surface area contributed by atoms with Crippen molar-refractivity contribution in [2.45, 2.75) is 30.7 Å². The first kappa shape index (κ1) is 24.4. The van der Waals surface area contributed by atoms with Gasteiger partial charge >= 0.3 is 0 Å². The molecule has 2 heterocycles. The third-order valence-electron chi connectivity index (χ3n) is 5.58. The van der Waals surface area contributed by atoms with E-state index in [0.29, 0.717) is 0 Å². The van der Waals surface area contributed by atoms with Gasteiger partial charge in [0.05, 0.1) is 13.7 Å². The maximum atomic E-state index is 12.9. The number of hydrogen-bond acceptors (Lipinski definition) is 13. The predicted octanol–water partition coefficient (Wildman–Crippen LogP) is -0.530. The summed E-state index contributed by atoms with van der Waals surface area (Å²) in [6, 6.07) is 4.31. The topological polar surface area (TPSA) is 220 Å². The van der Waals surface area contributed by atoms with Crippen molar-refractivity contribution in [2.75, 3.05) is 13.7 Å². The number of ether oxygens (including phenoxy) is 3. The molecule has 5 unspecified atom stereocenters. The van der Waals surface area contributed by atoms with Gasteiger partial charge in [-0.25, -0.2) is 0 Å². The average molecular weight is 494 g/mol. The normalized spacial score (nSPS) is 24.4. The van der Waals surface area contributed by atoms with E-state index in [1.807, 2.05) is 0 Å². The van der Waals surface area contributed by atoms with Gasteiger partial charge in [-0.05, 0) is 18.2 Å². The number of phenolic OH excluding ortho intramolecular Hbond substituents is 3. The third kappa shape index (κ3) is 4.05. The molecule has 1 aliphatic rings. The number of aliphatic hydroxyl groups is 4. The molecule has 1 saturated heterocycles. The van der Waals surface area contributed by atoms with Crippen molar-refractivity contribution in [1.82, 2.24) is 0 Å². The molecule has 0 amide bonds. The standard InChI is InChI=1S/C22H22O13/c1-32-11-5-10(26)13-15(28)17(30)19(7-2-3-8(24)9(25)4-7)34-21(13)20(11)35-22-18(31)16(29)14(27)12(6-23)33-22/h2-5,12,14,16,18,22-27,29-31H,6H2,1H3. The molecule has 0 aliphatic carbocycles. The quantitative estimate of drug-likeness (QED) is 0.209. The zero-order valence-electron chi connectivity index (χ0n) is 18.0. The largest absolute Gasteiger partial charge is 0.507 e. The maximum absolute atomic E-state index is 12.9. The minimum absolute atomic E-state index is 0.0297. The lowest BCUT2D eigenvalue weighted by Gasteiger charge is -2.39. The van der Waals surface area contributed by atoms with Gasteiger partial charge in [-0.15, -0.1) is 0 Å². The van der Waals surface area contributed by atoms with Crippen molar-refractivity contribution in [1.29, 1.82) is 0 Å². The number of aliphatic hydroxyl groups excluding tert-OH is 4. The van der Waals surface area contributed by atoms with Crippen molar-refractivity contribution >= 4 is 11.0 Å². The van der Waals surface area contributed by atoms with Gasteiger partial charge in [0, 0.05) is 11.6 Å². The maximum Gasteiger partial charge on any atom is 0.238 e. The lowest BCUT2D eigenvalue weighted by atomic mass is 9.99. The summed E-state index contributed by atoms with van der Waals surface area (Å²) in [6.07, 6.45) is -8.26. The highest BCUT2D eigenvalue weighted by Crippen LogP contribution is 2.44. The van der Waals surface area contributed by atoms with Crippen LogP contribution < -0.4 is 14.9 Å². The van der Waals surface area contributed by atoms with Crippen LogP contribution in [0.2, 0.25) is 0 Å². The van der Waals surface area contributed by atoms with E-state index in [1.165, 1.54) is 13.2 Å². The molecule has 5 atom stereocenters. The Morgan fingerprint density at radius 1 is 0.943 bits per heavy atom. The summed E-state index contributed by atoms with van der Waals surface area (Å²) in [7, 11) is 1.19. The van der Waals surface area contributed by atoms with Gasteiger partial charge in [0.25, 0.3) is 0 Å². The van der Waals surface area contributed by atoms with Crippen molar-refractivity contribution in [3.05, 3.63) is 34.5 Å². The minimum Gasteiger partial charge on any atom is -0.507 e. The molecule has 1 fully saturated rings. The highest BCUT2D eigenvalue weighted by atomic mass is 16.7. The first-order valence-electron chi connectivity index (χ1n) is 10.2. The van der Waals surface area contributed by atoms with E-state index >= 15 is 0 Å². The fourth-order valence-corrected chi connectivity index (χ4v) is 3.70. The summed E-state index contributed by atoms with van der Waals surface area (Å²) in [5, 5.41) is 79.5. The van der Waals surface area contributed by atoms with Gasteiger partial charge in [0.2, 0.25) is 23.2 Å². The lowest BCUT2D eigenvalue weighted by Crippen LogP contribution is -2.60. The number of hydrogen-bond donors (Lipinski definition) is 8. The van der Waals surface area contributed by atoms with E-state index in [-0.39, 0.29) is 11.3 Å². The zero-order chi connectivity index (χ0) is 25.6. The molecule has 13 nitrogen and oxygen atoms in total. The van der Waals surface area contributed by atoms with Crippen molar-refractivity contribution in [3.63, 3.8) is 0 Å². The minimum atomic E-state index is -1.82. The van der Waals surface area contributed by atoms with Crippen LogP contribution in [0.5, 0.6) is 34.5 Å². The molecule has 0 saturated carbocycles. The summed E-state index contributed by atoms with van der Waals surface area (Å²) >= 11 is 0. The Morgan fingerprint density at radius 3 is 2.29 bits per heavy atom. The Bertz CT molecular complexity index is 1320. The number of rotatable bonds is 5. The fraction of sp³-hybridized carbons (Fsp3) is 0.318. The SMILES string of the molecule is COc1cc(O)c2c(=O)c(O)c(-c3ccc(O)c(O)c3)oc2c1OC1OC(CO)C(O)C(O)C1O. The smallest absolute Gasteiger partial charge is 0.238 e. The first-order chi connectivity index (χ1) is 16.6. The van der Waals surface area contributed by atoms with Crippen LogP contribution >= 0.6 is 0 Å². The Kier molecular flexibility index (Phi) is 6.36. The Morgan fingerprint density at radius 2 is 1.66 bits per heavy atom. The van der Waals surface area contributed by atoms with E-state index in [4.69, 9.17) is 18.6 Å². The van der Waals surface area contributed by atoms with Crippen LogP contribution in [0.3, 0.4) is 0 Å². The van der Waals surface area contributed by atoms with Crippen molar-refractivity contribution in [3.8, 4) is 45.8 Å². The Labute approximate surface area is 195 Å². The van der Waals surface area contributed by atoms with Crippen molar-refractivity contribution < 1.29 is 59.5 Å². The van der Waals surface area contributed by atoms with E-state index in [2.05, 4.69) is 0 Å². The van der Waals surface area contributed by atoms with Crippen LogP contribution in [0, 0.1) is 0 Å². The first-order valence-corrected chi connectivity index (χ1v) is 10.2. The number of aromatic hydroxyl groups is 4. The fourth-order valence-electron chi connectivity index (χ4n) is 3.70. The molecule has 13 heteroatoms. The highest BCUT2D eigenvalue weighted by molar-refractivity contribution is 5.93. The second kappa shape index (κ2) is 9.13. The summed E-state index contributed by atoms with van der Waals surface area (Å²) in [6.45, 7) is -0.726. The number of phenols is 3. The molecule has 4 rings (SSSR count). The number of benzene rings is 2. The number of methoxy groups -OCH3 is 1.